The first kappa shape index (κ1) is 12.4. The van der Waals surface area contributed by atoms with E-state index in [0.717, 1.165) is 12.3 Å². The molecule has 88 valence electrons. The Morgan fingerprint density at radius 3 is 2.50 bits per heavy atom. The van der Waals surface area contributed by atoms with E-state index in [-0.39, 0.29) is 17.7 Å². The molecule has 0 spiro atoms. The number of carboxylic acids is 1. The predicted octanol–water partition coefficient (Wildman–Crippen LogP) is 1.19. The summed E-state index contributed by atoms with van der Waals surface area (Å²) in [5.74, 6) is -1.14. The Bertz CT molecular complexity index is 404. The highest BCUT2D eigenvalue weighted by Gasteiger charge is 2.32. The fourth-order valence-corrected chi connectivity index (χ4v) is 1.19. The zero-order chi connectivity index (χ0) is 12.3. The molecule has 1 aromatic rings. The van der Waals surface area contributed by atoms with Crippen LogP contribution in [0, 0.1) is 0 Å². The van der Waals surface area contributed by atoms with Crippen molar-refractivity contribution < 1.29 is 23.1 Å². The lowest BCUT2D eigenvalue weighted by Gasteiger charge is -2.10. The number of hydrogen-bond acceptors (Lipinski definition) is 3. The van der Waals surface area contributed by atoms with Gasteiger partial charge in [0.1, 0.15) is 5.69 Å². The maximum absolute atomic E-state index is 12.3. The van der Waals surface area contributed by atoms with Gasteiger partial charge in [0.2, 0.25) is 0 Å². The minimum atomic E-state index is -4.55. The molecule has 0 aromatic carbocycles. The molecule has 1 aromatic heterocycles. The van der Waals surface area contributed by atoms with E-state index in [1.165, 1.54) is 0 Å². The number of aromatic nitrogens is 1. The Hall–Kier alpha value is -1.63. The van der Waals surface area contributed by atoms with Crippen molar-refractivity contribution in [2.24, 2.45) is 5.73 Å². The number of carboxylic acid groups (broad SMARTS) is 1. The van der Waals surface area contributed by atoms with Crippen LogP contribution in [0.4, 0.5) is 13.2 Å². The minimum absolute atomic E-state index is 0.143. The van der Waals surface area contributed by atoms with Gasteiger partial charge in [-0.3, -0.25) is 9.78 Å². The van der Waals surface area contributed by atoms with Gasteiger partial charge in [0.05, 0.1) is 6.42 Å². The summed E-state index contributed by atoms with van der Waals surface area (Å²) >= 11 is 0. The molecular weight excluding hydrogens is 225 g/mol. The summed E-state index contributed by atoms with van der Waals surface area (Å²) in [6.07, 6.45) is -4.04. The van der Waals surface area contributed by atoms with E-state index < -0.39 is 24.3 Å². The normalized spacial score (nSPS) is 11.5. The first-order valence-corrected chi connectivity index (χ1v) is 4.31. The van der Waals surface area contributed by atoms with Crippen molar-refractivity contribution in [3.05, 3.63) is 29.1 Å². The number of rotatable bonds is 3. The van der Waals surface area contributed by atoms with E-state index in [9.17, 15) is 18.0 Å². The lowest BCUT2D eigenvalue weighted by molar-refractivity contribution is -0.141. The van der Waals surface area contributed by atoms with Gasteiger partial charge in [-0.25, -0.2) is 0 Å². The third kappa shape index (κ3) is 2.93. The first-order valence-electron chi connectivity index (χ1n) is 4.31. The zero-order valence-electron chi connectivity index (χ0n) is 8.08. The van der Waals surface area contributed by atoms with Crippen LogP contribution in [0.5, 0.6) is 0 Å². The molecule has 0 unspecified atom stereocenters. The molecule has 0 aliphatic heterocycles. The number of pyridine rings is 1. The molecule has 7 heteroatoms. The number of nitrogens with zero attached hydrogens (tertiary/aromatic N) is 1. The monoisotopic (exact) mass is 234 g/mol. The smallest absolute Gasteiger partial charge is 0.433 e. The number of halogens is 3. The lowest BCUT2D eigenvalue weighted by atomic mass is 10.1. The summed E-state index contributed by atoms with van der Waals surface area (Å²) in [5.41, 5.74) is 4.52. The van der Waals surface area contributed by atoms with Crippen LogP contribution in [-0.2, 0) is 23.9 Å². The molecule has 0 saturated heterocycles. The Balaban J connectivity index is 3.11. The van der Waals surface area contributed by atoms with Gasteiger partial charge < -0.3 is 10.8 Å². The van der Waals surface area contributed by atoms with Crippen LogP contribution < -0.4 is 5.73 Å². The van der Waals surface area contributed by atoms with Crippen molar-refractivity contribution in [3.8, 4) is 0 Å². The van der Waals surface area contributed by atoms with Crippen LogP contribution in [0.25, 0.3) is 0 Å². The van der Waals surface area contributed by atoms with Crippen LogP contribution in [-0.4, -0.2) is 16.1 Å². The molecule has 16 heavy (non-hydrogen) atoms. The SMILES string of the molecule is NCc1cc(C(F)(F)F)ncc1CC(=O)O. The van der Waals surface area contributed by atoms with Gasteiger partial charge >= 0.3 is 12.1 Å². The van der Waals surface area contributed by atoms with Crippen molar-refractivity contribution >= 4 is 5.97 Å². The largest absolute Gasteiger partial charge is 0.481 e. The van der Waals surface area contributed by atoms with Gasteiger partial charge in [-0.15, -0.1) is 0 Å². The molecular formula is C9H9F3N2O2. The molecule has 1 rings (SSSR count). The van der Waals surface area contributed by atoms with Gasteiger partial charge in [0, 0.05) is 12.7 Å². The van der Waals surface area contributed by atoms with E-state index in [1.54, 1.807) is 0 Å². The van der Waals surface area contributed by atoms with Crippen LogP contribution in [0.3, 0.4) is 0 Å². The molecule has 0 radical (unpaired) electrons. The van der Waals surface area contributed by atoms with Gasteiger partial charge in [0.15, 0.2) is 0 Å². The molecule has 3 N–H and O–H groups in total. The van der Waals surface area contributed by atoms with Crippen molar-refractivity contribution in [2.45, 2.75) is 19.1 Å². The first-order chi connectivity index (χ1) is 7.34. The Kier molecular flexibility index (Phi) is 3.48. The minimum Gasteiger partial charge on any atom is -0.481 e. The molecule has 4 nitrogen and oxygen atoms in total. The molecule has 0 saturated carbocycles. The van der Waals surface area contributed by atoms with E-state index in [0.29, 0.717) is 0 Å². The predicted molar refractivity (Wildman–Crippen MR) is 48.5 cm³/mol. The number of aliphatic carboxylic acids is 1. The summed E-state index contributed by atoms with van der Waals surface area (Å²) in [6.45, 7) is -0.159. The fraction of sp³-hybridized carbons (Fsp3) is 0.333. The van der Waals surface area contributed by atoms with Crippen LogP contribution in [0.2, 0.25) is 0 Å². The van der Waals surface area contributed by atoms with E-state index in [4.69, 9.17) is 10.8 Å². The Morgan fingerprint density at radius 2 is 2.06 bits per heavy atom. The fourth-order valence-electron chi connectivity index (χ4n) is 1.19. The van der Waals surface area contributed by atoms with Crippen LogP contribution in [0.15, 0.2) is 12.3 Å². The zero-order valence-corrected chi connectivity index (χ0v) is 8.08. The quantitative estimate of drug-likeness (QED) is 0.823. The van der Waals surface area contributed by atoms with Gasteiger partial charge in [0.25, 0.3) is 0 Å². The van der Waals surface area contributed by atoms with Crippen molar-refractivity contribution in [3.63, 3.8) is 0 Å². The standard InChI is InChI=1S/C9H9F3N2O2/c10-9(11,12)7-1-5(3-13)6(4-14-7)2-8(15)16/h1,4H,2-3,13H2,(H,15,16). The summed E-state index contributed by atoms with van der Waals surface area (Å²) in [6, 6.07) is 0.776. The van der Waals surface area contributed by atoms with Gasteiger partial charge in [-0.05, 0) is 17.2 Å². The van der Waals surface area contributed by atoms with Crippen molar-refractivity contribution in [1.29, 1.82) is 0 Å². The average Bonchev–Trinajstić information content (AvgIpc) is 2.15. The highest BCUT2D eigenvalue weighted by Crippen LogP contribution is 2.28. The number of carbonyl (C=O) groups is 1. The second-order valence-electron chi connectivity index (χ2n) is 3.11. The maximum Gasteiger partial charge on any atom is 0.433 e. The van der Waals surface area contributed by atoms with Crippen molar-refractivity contribution in [2.75, 3.05) is 0 Å². The Labute approximate surface area is 88.9 Å². The van der Waals surface area contributed by atoms with Gasteiger partial charge in [-0.1, -0.05) is 0 Å². The molecule has 1 heterocycles. The summed E-state index contributed by atoms with van der Waals surface area (Å²) in [5, 5.41) is 8.53. The van der Waals surface area contributed by atoms with E-state index in [2.05, 4.69) is 4.98 Å². The maximum atomic E-state index is 12.3. The number of hydrogen-bond donors (Lipinski definition) is 2. The summed E-state index contributed by atoms with van der Waals surface area (Å²) in [7, 11) is 0. The van der Waals surface area contributed by atoms with Crippen LogP contribution in [0.1, 0.15) is 16.8 Å². The topological polar surface area (TPSA) is 76.2 Å². The third-order valence-electron chi connectivity index (χ3n) is 1.93. The molecule has 0 aliphatic rings. The average molecular weight is 234 g/mol. The molecule has 0 bridgehead atoms. The molecule has 0 aliphatic carbocycles. The van der Waals surface area contributed by atoms with E-state index >= 15 is 0 Å². The second kappa shape index (κ2) is 4.48. The molecule has 0 amide bonds. The highest BCUT2D eigenvalue weighted by molar-refractivity contribution is 5.70. The van der Waals surface area contributed by atoms with E-state index in [1.807, 2.05) is 0 Å². The van der Waals surface area contributed by atoms with Gasteiger partial charge in [-0.2, -0.15) is 13.2 Å². The third-order valence-corrected chi connectivity index (χ3v) is 1.93. The summed E-state index contributed by atoms with van der Waals surface area (Å²) in [4.78, 5) is 13.6. The Morgan fingerprint density at radius 1 is 1.44 bits per heavy atom. The molecule has 0 fully saturated rings. The number of nitrogens with two attached hydrogens (primary N) is 1. The van der Waals surface area contributed by atoms with Crippen molar-refractivity contribution in [1.82, 2.24) is 4.98 Å². The molecule has 0 atom stereocenters. The summed E-state index contributed by atoms with van der Waals surface area (Å²) < 4.78 is 36.8. The highest BCUT2D eigenvalue weighted by atomic mass is 19.4. The lowest BCUT2D eigenvalue weighted by Crippen LogP contribution is -2.13. The second-order valence-corrected chi connectivity index (χ2v) is 3.11. The van der Waals surface area contributed by atoms with Crippen LogP contribution >= 0.6 is 0 Å². The number of alkyl halides is 3.